The molecule has 0 fully saturated rings. The number of allylic oxidation sites excluding steroid dienone is 2. The number of nitrogens with one attached hydrogen (secondary N) is 1. The zero-order valence-corrected chi connectivity index (χ0v) is 32.0. The summed E-state index contributed by atoms with van der Waals surface area (Å²) in [5.41, 5.74) is -0.636. The number of oxime groups is 1. The molecule has 3 heterocycles. The van der Waals surface area contributed by atoms with Gasteiger partial charge in [0.05, 0.1) is 53.0 Å². The number of rotatable bonds is 4. The smallest absolute Gasteiger partial charge is 0.312 e. The van der Waals surface area contributed by atoms with Gasteiger partial charge >= 0.3 is 11.8 Å². The van der Waals surface area contributed by atoms with E-state index in [1.165, 1.54) is 60.3 Å². The van der Waals surface area contributed by atoms with E-state index in [4.69, 9.17) is 23.8 Å². The van der Waals surface area contributed by atoms with E-state index in [1.54, 1.807) is 39.8 Å². The summed E-state index contributed by atoms with van der Waals surface area (Å²) >= 11 is 0. The molecule has 0 radical (unpaired) electrons. The number of anilines is 1. The summed E-state index contributed by atoms with van der Waals surface area (Å²) in [5.74, 6) is -8.63. The molecular formula is C39H50N2O13. The molecule has 15 heteroatoms. The zero-order chi connectivity index (χ0) is 40.4. The molecule has 15 nitrogen and oxygen atoms in total. The molecule has 54 heavy (non-hydrogen) atoms. The molecule has 6 N–H and O–H groups in total. The molecule has 0 saturated heterocycles. The van der Waals surface area contributed by atoms with Crippen molar-refractivity contribution in [2.45, 2.75) is 85.6 Å². The Kier molecular flexibility index (Phi) is 12.7. The van der Waals surface area contributed by atoms with Crippen LogP contribution >= 0.6 is 0 Å². The van der Waals surface area contributed by atoms with Crippen LogP contribution in [0.25, 0.3) is 10.8 Å². The number of esters is 1. The van der Waals surface area contributed by atoms with E-state index in [1.807, 2.05) is 0 Å². The second-order valence-corrected chi connectivity index (χ2v) is 14.0. The summed E-state index contributed by atoms with van der Waals surface area (Å²) in [6, 6.07) is 0. The average Bonchev–Trinajstić information content (AvgIpc) is 3.39. The van der Waals surface area contributed by atoms with Crippen LogP contribution in [-0.4, -0.2) is 93.8 Å². The number of phenolic OH excluding ortho intramolecular Hbond substituents is 3. The maximum atomic E-state index is 14.2. The molecule has 0 saturated carbocycles. The van der Waals surface area contributed by atoms with Crippen LogP contribution in [-0.2, 0) is 28.6 Å². The lowest BCUT2D eigenvalue weighted by atomic mass is 9.78. The molecule has 9 atom stereocenters. The summed E-state index contributed by atoms with van der Waals surface area (Å²) in [4.78, 5) is 44.7. The van der Waals surface area contributed by atoms with Crippen molar-refractivity contribution >= 4 is 40.3 Å². The predicted molar refractivity (Wildman–Crippen MR) is 198 cm³/mol. The van der Waals surface area contributed by atoms with E-state index in [0.717, 1.165) is 6.21 Å². The molecule has 5 bridgehead atoms. The third-order valence-corrected chi connectivity index (χ3v) is 10.3. The number of Topliss-reactive ketones (excluding diaryl/α,β-unsaturated/α-hetero) is 1. The summed E-state index contributed by atoms with van der Waals surface area (Å²) in [7, 11) is 2.66. The fraction of sp³-hybridized carbons (Fsp3) is 0.487. The van der Waals surface area contributed by atoms with Gasteiger partial charge in [0.1, 0.15) is 30.5 Å². The summed E-state index contributed by atoms with van der Waals surface area (Å²) < 4.78 is 23.3. The monoisotopic (exact) mass is 754 g/mol. The number of nitrogens with zero attached hydrogens (tertiary/aromatic N) is 1. The van der Waals surface area contributed by atoms with Gasteiger partial charge in [-0.2, -0.15) is 0 Å². The number of aromatic hydroxyl groups is 3. The minimum atomic E-state index is -2.05. The minimum Gasteiger partial charge on any atom is -0.507 e. The van der Waals surface area contributed by atoms with Gasteiger partial charge in [0.15, 0.2) is 5.75 Å². The van der Waals surface area contributed by atoms with Gasteiger partial charge in [-0.05, 0) is 19.9 Å². The Labute approximate surface area is 313 Å². The standard InChI is InChI=1S/C39H50N2O13/c1-17-12-11-13-18(2)38(49)41-29-24(16-40-51-10)33(46)26-27(34(29)47)32(45)22(6)36-28(26)37(48)39(8,54-36)52-15-14-25(50-9)19(3)35(53-23(7)42)21(5)31(44)20(4)30(17)43/h11-17,19-21,25,30-31,35,43-47H,1-10H3,(H,41,49)/b12-11+,15-14+,18-13-,40-16+/t17-,19+,20+,21+,25-,30-,31+,35+,39-/m0/s1. The third-order valence-electron chi connectivity index (χ3n) is 10.3. The number of aliphatic hydroxyl groups is 2. The van der Waals surface area contributed by atoms with Crippen LogP contribution in [0, 0.1) is 30.6 Å². The van der Waals surface area contributed by atoms with E-state index in [2.05, 4.69) is 10.5 Å². The average molecular weight is 755 g/mol. The zero-order valence-electron chi connectivity index (χ0n) is 32.0. The van der Waals surface area contributed by atoms with Gasteiger partial charge in [-0.3, -0.25) is 14.4 Å². The van der Waals surface area contributed by atoms with Gasteiger partial charge in [0, 0.05) is 61.2 Å². The van der Waals surface area contributed by atoms with Crippen LogP contribution in [0.5, 0.6) is 23.0 Å². The number of aliphatic hydroxyl groups excluding tert-OH is 2. The van der Waals surface area contributed by atoms with Gasteiger partial charge in [-0.15, -0.1) is 0 Å². The largest absolute Gasteiger partial charge is 0.507 e. The topological polar surface area (TPSA) is 223 Å². The third kappa shape index (κ3) is 7.74. The molecule has 0 aromatic heterocycles. The van der Waals surface area contributed by atoms with Crippen LogP contribution in [0.15, 0.2) is 41.3 Å². The number of amides is 1. The summed E-state index contributed by atoms with van der Waals surface area (Å²) in [6.45, 7) is 12.4. The SMILES string of the molecule is CO/N=C/c1c2c(O)c3c(O)c(C)c4c(c3c1O)C(=O)[C@@](C)(O/C=C/[C@H](OC)[C@@H](C)[C@@H](OC(C)=O)[C@H](C)[C@H](O)[C@H](C)[C@@H](O)[C@@H](C)/C=C/C=C(/C)C(=O)N2)O4. The number of phenols is 3. The maximum Gasteiger partial charge on any atom is 0.312 e. The van der Waals surface area contributed by atoms with Crippen molar-refractivity contribution in [2.24, 2.45) is 28.8 Å². The second kappa shape index (κ2) is 16.5. The number of benzene rings is 2. The highest BCUT2D eigenvalue weighted by Gasteiger charge is 2.50. The lowest BCUT2D eigenvalue weighted by molar-refractivity contribution is -0.160. The Hall–Kier alpha value is -5.12. The van der Waals surface area contributed by atoms with E-state index in [-0.39, 0.29) is 44.5 Å². The molecule has 2 aromatic carbocycles. The minimum absolute atomic E-state index is 0.0323. The summed E-state index contributed by atoms with van der Waals surface area (Å²) in [5, 5.41) is 63.0. The molecule has 2 aromatic rings. The predicted octanol–water partition coefficient (Wildman–Crippen LogP) is 4.73. The molecule has 0 spiro atoms. The van der Waals surface area contributed by atoms with Gasteiger partial charge in [-0.25, -0.2) is 0 Å². The van der Waals surface area contributed by atoms with E-state index >= 15 is 0 Å². The van der Waals surface area contributed by atoms with Gasteiger partial charge < -0.3 is 54.6 Å². The fourth-order valence-electron chi connectivity index (χ4n) is 6.98. The number of ether oxygens (including phenoxy) is 4. The number of carbonyl (C=O) groups excluding carboxylic acids is 3. The quantitative estimate of drug-likeness (QED) is 0.0818. The number of fused-ring (bicyclic) bond motifs is 14. The van der Waals surface area contributed by atoms with Gasteiger partial charge in [-0.1, -0.05) is 51.1 Å². The Morgan fingerprint density at radius 2 is 1.61 bits per heavy atom. The van der Waals surface area contributed by atoms with Crippen LogP contribution < -0.4 is 10.1 Å². The van der Waals surface area contributed by atoms with Crippen molar-refractivity contribution in [1.82, 2.24) is 0 Å². The number of ketones is 1. The van der Waals surface area contributed by atoms with Crippen molar-refractivity contribution in [3.63, 3.8) is 0 Å². The number of hydrogen-bond acceptors (Lipinski definition) is 14. The van der Waals surface area contributed by atoms with E-state index < -0.39 is 88.8 Å². The van der Waals surface area contributed by atoms with E-state index in [9.17, 15) is 39.9 Å². The molecule has 5 rings (SSSR count). The first-order valence-electron chi connectivity index (χ1n) is 17.5. The highest BCUT2D eigenvalue weighted by atomic mass is 16.7. The molecular weight excluding hydrogens is 704 g/mol. The highest BCUT2D eigenvalue weighted by molar-refractivity contribution is 6.23. The Morgan fingerprint density at radius 3 is 2.22 bits per heavy atom. The van der Waals surface area contributed by atoms with Crippen molar-refractivity contribution in [2.75, 3.05) is 19.5 Å². The van der Waals surface area contributed by atoms with Crippen molar-refractivity contribution in [3.8, 4) is 23.0 Å². The first-order chi connectivity index (χ1) is 25.3. The lowest BCUT2D eigenvalue weighted by Crippen LogP contribution is -2.46. The van der Waals surface area contributed by atoms with Gasteiger partial charge in [0.2, 0.25) is 0 Å². The van der Waals surface area contributed by atoms with Crippen LogP contribution in [0.4, 0.5) is 5.69 Å². The molecule has 1 amide bonds. The number of hydrogen-bond donors (Lipinski definition) is 6. The number of methoxy groups -OCH3 is 1. The number of carbonyl (C=O) groups is 3. The molecule has 3 aliphatic rings. The van der Waals surface area contributed by atoms with Crippen molar-refractivity contribution in [3.05, 3.63) is 52.8 Å². The van der Waals surface area contributed by atoms with Crippen LogP contribution in [0.1, 0.15) is 70.0 Å². The van der Waals surface area contributed by atoms with Crippen molar-refractivity contribution < 1.29 is 63.7 Å². The lowest BCUT2D eigenvalue weighted by Gasteiger charge is -2.38. The fourth-order valence-corrected chi connectivity index (χ4v) is 6.98. The maximum absolute atomic E-state index is 14.2. The molecule has 3 aliphatic heterocycles. The van der Waals surface area contributed by atoms with Crippen LogP contribution in [0.2, 0.25) is 0 Å². The molecule has 0 aliphatic carbocycles. The summed E-state index contributed by atoms with van der Waals surface area (Å²) in [6.07, 6.45) is 4.44. The normalized spacial score (nSPS) is 31.7. The van der Waals surface area contributed by atoms with Crippen molar-refractivity contribution in [1.29, 1.82) is 0 Å². The Bertz CT molecular complexity index is 1920. The van der Waals surface area contributed by atoms with E-state index in [0.29, 0.717) is 0 Å². The highest BCUT2D eigenvalue weighted by Crippen LogP contribution is 2.55. The van der Waals surface area contributed by atoms with Crippen LogP contribution in [0.3, 0.4) is 0 Å². The Morgan fingerprint density at radius 1 is 0.944 bits per heavy atom. The second-order valence-electron chi connectivity index (χ2n) is 14.0. The Balaban J connectivity index is 1.96. The molecule has 0 unspecified atom stereocenters. The first-order valence-corrected chi connectivity index (χ1v) is 17.5. The molecule has 294 valence electrons. The van der Waals surface area contributed by atoms with Gasteiger partial charge in [0.25, 0.3) is 11.7 Å². The first kappa shape index (κ1) is 41.6.